The number of hydrogen-bond acceptors (Lipinski definition) is 2. The van der Waals surface area contributed by atoms with Crippen molar-refractivity contribution in [1.82, 2.24) is 5.32 Å². The highest BCUT2D eigenvalue weighted by Gasteiger charge is 2.26. The van der Waals surface area contributed by atoms with Gasteiger partial charge in [0.1, 0.15) is 0 Å². The van der Waals surface area contributed by atoms with E-state index in [1.165, 1.54) is 24.8 Å². The number of nitrogens with one attached hydrogen (secondary N) is 1. The molecule has 1 aromatic carbocycles. The van der Waals surface area contributed by atoms with E-state index in [-0.39, 0.29) is 0 Å². The molecule has 1 fully saturated rings. The molecule has 20 heavy (non-hydrogen) atoms. The minimum atomic E-state index is 0.339. The minimum absolute atomic E-state index is 0.339. The van der Waals surface area contributed by atoms with Crippen molar-refractivity contribution in [2.24, 2.45) is 11.8 Å². The van der Waals surface area contributed by atoms with Crippen molar-refractivity contribution in [3.63, 3.8) is 0 Å². The predicted molar refractivity (Wildman–Crippen MR) is 85.0 cm³/mol. The SMILES string of the molecule is CCCC(NCC1CCCC1CO)c1ccc(Cl)cc1. The first kappa shape index (κ1) is 15.8. The summed E-state index contributed by atoms with van der Waals surface area (Å²) in [6.45, 7) is 3.57. The molecule has 112 valence electrons. The van der Waals surface area contributed by atoms with Crippen molar-refractivity contribution in [3.8, 4) is 0 Å². The fourth-order valence-corrected chi connectivity index (χ4v) is 3.41. The van der Waals surface area contributed by atoms with Crippen LogP contribution in [0.3, 0.4) is 0 Å². The summed E-state index contributed by atoms with van der Waals surface area (Å²) in [4.78, 5) is 0. The number of hydrogen-bond donors (Lipinski definition) is 2. The zero-order chi connectivity index (χ0) is 14.4. The lowest BCUT2D eigenvalue weighted by Crippen LogP contribution is -2.30. The second-order valence-corrected chi connectivity index (χ2v) is 6.37. The molecule has 0 amide bonds. The molecule has 3 heteroatoms. The summed E-state index contributed by atoms with van der Waals surface area (Å²) in [5.41, 5.74) is 1.31. The van der Waals surface area contributed by atoms with E-state index in [0.29, 0.717) is 24.5 Å². The molecule has 0 saturated heterocycles. The topological polar surface area (TPSA) is 32.3 Å². The van der Waals surface area contributed by atoms with E-state index in [1.54, 1.807) is 0 Å². The van der Waals surface area contributed by atoms with Gasteiger partial charge in [0.15, 0.2) is 0 Å². The Morgan fingerprint density at radius 1 is 1.25 bits per heavy atom. The average molecular weight is 296 g/mol. The van der Waals surface area contributed by atoms with Crippen LogP contribution in [0.5, 0.6) is 0 Å². The summed E-state index contributed by atoms with van der Waals surface area (Å²) in [6.07, 6.45) is 5.99. The van der Waals surface area contributed by atoms with E-state index in [9.17, 15) is 5.11 Å². The van der Waals surface area contributed by atoms with Crippen molar-refractivity contribution in [1.29, 1.82) is 0 Å². The maximum atomic E-state index is 9.41. The summed E-state index contributed by atoms with van der Waals surface area (Å²) in [5, 5.41) is 13.9. The Hall–Kier alpha value is -0.570. The molecular weight excluding hydrogens is 270 g/mol. The molecule has 0 aromatic heterocycles. The fourth-order valence-electron chi connectivity index (χ4n) is 3.29. The lowest BCUT2D eigenvalue weighted by Gasteiger charge is -2.24. The van der Waals surface area contributed by atoms with Gasteiger partial charge in [-0.05, 0) is 55.3 Å². The summed E-state index contributed by atoms with van der Waals surface area (Å²) >= 11 is 5.96. The highest BCUT2D eigenvalue weighted by Crippen LogP contribution is 2.31. The standard InChI is InChI=1S/C17H26ClNO/c1-2-4-17(13-7-9-16(18)10-8-13)19-11-14-5-3-6-15(14)12-20/h7-10,14-15,17,19-20H,2-6,11-12H2,1H3. The van der Waals surface area contributed by atoms with Crippen LogP contribution in [0.2, 0.25) is 5.02 Å². The molecule has 0 bridgehead atoms. The van der Waals surface area contributed by atoms with Crippen molar-refractivity contribution in [2.45, 2.75) is 45.1 Å². The van der Waals surface area contributed by atoms with E-state index in [4.69, 9.17) is 11.6 Å². The molecule has 2 rings (SSSR count). The van der Waals surface area contributed by atoms with Crippen molar-refractivity contribution < 1.29 is 5.11 Å². The Balaban J connectivity index is 1.93. The predicted octanol–water partition coefficient (Wildman–Crippen LogP) is 4.18. The van der Waals surface area contributed by atoms with Crippen LogP contribution in [0.4, 0.5) is 0 Å². The lowest BCUT2D eigenvalue weighted by atomic mass is 9.95. The van der Waals surface area contributed by atoms with Crippen molar-refractivity contribution >= 4 is 11.6 Å². The zero-order valence-corrected chi connectivity index (χ0v) is 13.1. The second-order valence-electron chi connectivity index (χ2n) is 5.93. The molecule has 2 nitrogen and oxygen atoms in total. The highest BCUT2D eigenvalue weighted by molar-refractivity contribution is 6.30. The van der Waals surface area contributed by atoms with Crippen LogP contribution in [0.25, 0.3) is 0 Å². The molecule has 3 unspecified atom stereocenters. The van der Waals surface area contributed by atoms with Crippen molar-refractivity contribution in [3.05, 3.63) is 34.9 Å². The lowest BCUT2D eigenvalue weighted by molar-refractivity contribution is 0.190. The van der Waals surface area contributed by atoms with Crippen molar-refractivity contribution in [2.75, 3.05) is 13.2 Å². The van der Waals surface area contributed by atoms with E-state index in [1.807, 2.05) is 12.1 Å². The van der Waals surface area contributed by atoms with Gasteiger partial charge in [0, 0.05) is 17.7 Å². The van der Waals surface area contributed by atoms with E-state index in [2.05, 4.69) is 24.4 Å². The van der Waals surface area contributed by atoms with Crippen LogP contribution in [0.1, 0.15) is 50.6 Å². The van der Waals surface area contributed by atoms with Crippen LogP contribution in [-0.4, -0.2) is 18.3 Å². The quantitative estimate of drug-likeness (QED) is 0.791. The number of benzene rings is 1. The summed E-state index contributed by atoms with van der Waals surface area (Å²) in [7, 11) is 0. The Morgan fingerprint density at radius 2 is 1.95 bits per heavy atom. The summed E-state index contributed by atoms with van der Waals surface area (Å²) in [6, 6.07) is 8.57. The summed E-state index contributed by atoms with van der Waals surface area (Å²) < 4.78 is 0. The molecule has 1 aromatic rings. The number of rotatable bonds is 7. The van der Waals surface area contributed by atoms with Crippen LogP contribution < -0.4 is 5.32 Å². The minimum Gasteiger partial charge on any atom is -0.396 e. The Kier molecular flexibility index (Phi) is 6.34. The third kappa shape index (κ3) is 4.21. The first-order valence-electron chi connectivity index (χ1n) is 7.84. The highest BCUT2D eigenvalue weighted by atomic mass is 35.5. The molecule has 3 atom stereocenters. The first-order valence-corrected chi connectivity index (χ1v) is 8.22. The third-order valence-electron chi connectivity index (χ3n) is 4.53. The first-order chi connectivity index (χ1) is 9.74. The normalized spacial score (nSPS) is 23.9. The van der Waals surface area contributed by atoms with Gasteiger partial charge in [-0.25, -0.2) is 0 Å². The fraction of sp³-hybridized carbons (Fsp3) is 0.647. The third-order valence-corrected chi connectivity index (χ3v) is 4.78. The van der Waals surface area contributed by atoms with Gasteiger partial charge in [0.05, 0.1) is 0 Å². The molecule has 1 aliphatic carbocycles. The number of halogens is 1. The molecule has 1 saturated carbocycles. The zero-order valence-electron chi connectivity index (χ0n) is 12.3. The maximum Gasteiger partial charge on any atom is 0.0462 e. The monoisotopic (exact) mass is 295 g/mol. The average Bonchev–Trinajstić information content (AvgIpc) is 2.92. The van der Waals surface area contributed by atoms with Gasteiger partial charge in [-0.1, -0.05) is 43.5 Å². The van der Waals surface area contributed by atoms with Gasteiger partial charge in [0.25, 0.3) is 0 Å². The van der Waals surface area contributed by atoms with Gasteiger partial charge in [-0.15, -0.1) is 0 Å². The van der Waals surface area contributed by atoms with Gasteiger partial charge >= 0.3 is 0 Å². The van der Waals surface area contributed by atoms with Gasteiger partial charge in [0.2, 0.25) is 0 Å². The molecular formula is C17H26ClNO. The van der Waals surface area contributed by atoms with Gasteiger partial charge < -0.3 is 10.4 Å². The molecule has 0 heterocycles. The van der Waals surface area contributed by atoms with Crippen LogP contribution in [-0.2, 0) is 0 Å². The van der Waals surface area contributed by atoms with E-state index in [0.717, 1.165) is 24.4 Å². The maximum absolute atomic E-state index is 9.41. The second kappa shape index (κ2) is 8.02. The molecule has 0 radical (unpaired) electrons. The summed E-state index contributed by atoms with van der Waals surface area (Å²) in [5.74, 6) is 1.13. The molecule has 0 aliphatic heterocycles. The van der Waals surface area contributed by atoms with E-state index >= 15 is 0 Å². The molecule has 2 N–H and O–H groups in total. The van der Waals surface area contributed by atoms with Crippen LogP contribution >= 0.6 is 11.6 Å². The molecule has 1 aliphatic rings. The molecule has 0 spiro atoms. The number of aliphatic hydroxyl groups excluding tert-OH is 1. The smallest absolute Gasteiger partial charge is 0.0462 e. The van der Waals surface area contributed by atoms with Gasteiger partial charge in [-0.3, -0.25) is 0 Å². The Labute approximate surface area is 127 Å². The number of aliphatic hydroxyl groups is 1. The largest absolute Gasteiger partial charge is 0.396 e. The van der Waals surface area contributed by atoms with E-state index < -0.39 is 0 Å². The van der Waals surface area contributed by atoms with Crippen LogP contribution in [0, 0.1) is 11.8 Å². The van der Waals surface area contributed by atoms with Gasteiger partial charge in [-0.2, -0.15) is 0 Å². The Morgan fingerprint density at radius 3 is 2.60 bits per heavy atom. The van der Waals surface area contributed by atoms with Crippen LogP contribution in [0.15, 0.2) is 24.3 Å². The Bertz CT molecular complexity index is 392.